The number of nitrogens with one attached hydrogen (secondary N) is 1. The highest BCUT2D eigenvalue weighted by Gasteiger charge is 2.16. The highest BCUT2D eigenvalue weighted by Crippen LogP contribution is 2.26. The summed E-state index contributed by atoms with van der Waals surface area (Å²) in [6.45, 7) is 2.10. The van der Waals surface area contributed by atoms with Crippen molar-refractivity contribution in [3.05, 3.63) is 35.9 Å². The van der Waals surface area contributed by atoms with Crippen molar-refractivity contribution >= 4 is 34.2 Å². The summed E-state index contributed by atoms with van der Waals surface area (Å²) in [5.74, 6) is 0.862. The smallest absolute Gasteiger partial charge is 0.221 e. The third-order valence-corrected chi connectivity index (χ3v) is 6.04. The normalized spacial score (nSPS) is 15.6. The molecule has 136 valence electrons. The number of thioether (sulfide) groups is 1. The van der Waals surface area contributed by atoms with E-state index in [0.717, 1.165) is 29.2 Å². The molecule has 1 amide bonds. The second-order valence-corrected chi connectivity index (χ2v) is 8.08. The van der Waals surface area contributed by atoms with Gasteiger partial charge >= 0.3 is 0 Å². The molecule has 0 spiro atoms. The highest BCUT2D eigenvalue weighted by atomic mass is 32.2. The Balaban J connectivity index is 1.44. The number of amides is 1. The fourth-order valence-electron chi connectivity index (χ4n) is 3.75. The van der Waals surface area contributed by atoms with Gasteiger partial charge in [0.05, 0.1) is 5.52 Å². The van der Waals surface area contributed by atoms with Gasteiger partial charge in [0.15, 0.2) is 10.8 Å². The van der Waals surface area contributed by atoms with Crippen LogP contribution in [0.15, 0.2) is 35.5 Å². The minimum absolute atomic E-state index is 0.152. The molecule has 0 radical (unpaired) electrons. The Hall–Kier alpha value is -2.08. The van der Waals surface area contributed by atoms with Gasteiger partial charge in [0.2, 0.25) is 5.91 Å². The molecule has 3 aromatic rings. The molecule has 6 heteroatoms. The minimum Gasteiger partial charge on any atom is -0.353 e. The maximum absolute atomic E-state index is 12.2. The number of aromatic nitrogens is 3. The van der Waals surface area contributed by atoms with Crippen molar-refractivity contribution in [1.29, 1.82) is 0 Å². The molecule has 2 aromatic heterocycles. The lowest BCUT2D eigenvalue weighted by Gasteiger charge is -2.22. The maximum Gasteiger partial charge on any atom is 0.221 e. The number of hydrogen-bond acceptors (Lipinski definition) is 4. The number of carbonyl (C=O) groups excluding carboxylic acids is 1. The van der Waals surface area contributed by atoms with Gasteiger partial charge in [-0.1, -0.05) is 49.2 Å². The molecule has 0 saturated heterocycles. The molecule has 1 fully saturated rings. The van der Waals surface area contributed by atoms with Gasteiger partial charge in [0, 0.05) is 23.6 Å². The van der Waals surface area contributed by atoms with E-state index in [1.807, 2.05) is 12.1 Å². The zero-order chi connectivity index (χ0) is 17.9. The van der Waals surface area contributed by atoms with E-state index in [0.29, 0.717) is 18.2 Å². The summed E-state index contributed by atoms with van der Waals surface area (Å²) >= 11 is 1.60. The first-order valence-corrected chi connectivity index (χ1v) is 10.4. The standard InChI is InChI=1S/C20H24N4OS/c1-14-13-18-22-23-20(24(18)17-10-6-5-9-16(14)17)26-12-11-19(25)21-15-7-3-2-4-8-15/h5-6,9-10,13,15H,2-4,7-8,11-12H2,1H3,(H,21,25). The topological polar surface area (TPSA) is 59.3 Å². The SMILES string of the molecule is Cc1cc2nnc(SCCC(=O)NC3CCCCC3)n2c2ccccc12. The summed E-state index contributed by atoms with van der Waals surface area (Å²) in [5.41, 5.74) is 3.17. The molecule has 5 nitrogen and oxygen atoms in total. The Morgan fingerprint density at radius 3 is 2.88 bits per heavy atom. The van der Waals surface area contributed by atoms with Gasteiger partial charge in [-0.3, -0.25) is 9.20 Å². The van der Waals surface area contributed by atoms with Crippen LogP contribution in [0, 0.1) is 6.92 Å². The largest absolute Gasteiger partial charge is 0.353 e. The average molecular weight is 369 g/mol. The summed E-state index contributed by atoms with van der Waals surface area (Å²) in [6, 6.07) is 10.7. The number of aryl methyl sites for hydroxylation is 1. The average Bonchev–Trinajstić information content (AvgIpc) is 3.06. The van der Waals surface area contributed by atoms with Crippen LogP contribution >= 0.6 is 11.8 Å². The van der Waals surface area contributed by atoms with Crippen LogP contribution in [0.4, 0.5) is 0 Å². The summed E-state index contributed by atoms with van der Waals surface area (Å²) in [4.78, 5) is 12.2. The molecule has 1 N–H and O–H groups in total. The summed E-state index contributed by atoms with van der Waals surface area (Å²) in [7, 11) is 0. The second-order valence-electron chi connectivity index (χ2n) is 7.02. The number of fused-ring (bicyclic) bond motifs is 3. The maximum atomic E-state index is 12.2. The van der Waals surface area contributed by atoms with Crippen molar-refractivity contribution < 1.29 is 4.79 Å². The van der Waals surface area contributed by atoms with Crippen LogP contribution in [0.25, 0.3) is 16.6 Å². The lowest BCUT2D eigenvalue weighted by atomic mass is 9.95. The Morgan fingerprint density at radius 2 is 2.04 bits per heavy atom. The molecule has 0 atom stereocenters. The summed E-state index contributed by atoms with van der Waals surface area (Å²) in [5, 5.41) is 13.9. The third kappa shape index (κ3) is 3.56. The van der Waals surface area contributed by atoms with Crippen LogP contribution in [0.3, 0.4) is 0 Å². The molecular weight excluding hydrogens is 344 g/mol. The zero-order valence-electron chi connectivity index (χ0n) is 15.1. The monoisotopic (exact) mass is 368 g/mol. The molecule has 2 heterocycles. The number of pyridine rings is 1. The molecule has 1 aromatic carbocycles. The zero-order valence-corrected chi connectivity index (χ0v) is 15.9. The minimum atomic E-state index is 0.152. The van der Waals surface area contributed by atoms with E-state index in [1.165, 1.54) is 30.2 Å². The van der Waals surface area contributed by atoms with Gasteiger partial charge in [-0.05, 0) is 37.5 Å². The van der Waals surface area contributed by atoms with E-state index < -0.39 is 0 Å². The van der Waals surface area contributed by atoms with Crippen LogP contribution in [0.2, 0.25) is 0 Å². The number of benzene rings is 1. The molecule has 1 aliphatic rings. The van der Waals surface area contributed by atoms with Crippen LogP contribution < -0.4 is 5.32 Å². The third-order valence-electron chi connectivity index (χ3n) is 5.10. The van der Waals surface area contributed by atoms with E-state index in [9.17, 15) is 4.79 Å². The molecule has 0 unspecified atom stereocenters. The van der Waals surface area contributed by atoms with Crippen LogP contribution in [-0.2, 0) is 4.79 Å². The quantitative estimate of drug-likeness (QED) is 0.688. The number of hydrogen-bond donors (Lipinski definition) is 1. The van der Waals surface area contributed by atoms with E-state index in [-0.39, 0.29) is 5.91 Å². The van der Waals surface area contributed by atoms with Crippen LogP contribution in [0.1, 0.15) is 44.1 Å². The predicted octanol–water partition coefficient (Wildman–Crippen LogP) is 4.12. The van der Waals surface area contributed by atoms with Gasteiger partial charge in [-0.2, -0.15) is 0 Å². The van der Waals surface area contributed by atoms with E-state index in [1.54, 1.807) is 11.8 Å². The Kier molecular flexibility index (Phi) is 5.11. The Labute approximate surface area is 157 Å². The summed E-state index contributed by atoms with van der Waals surface area (Å²) in [6.07, 6.45) is 6.53. The molecule has 0 aliphatic heterocycles. The van der Waals surface area contributed by atoms with Gasteiger partial charge in [0.1, 0.15) is 0 Å². The molecular formula is C20H24N4OS. The fourth-order valence-corrected chi connectivity index (χ4v) is 4.64. The Morgan fingerprint density at radius 1 is 1.23 bits per heavy atom. The van der Waals surface area contributed by atoms with Crippen molar-refractivity contribution in [2.75, 3.05) is 5.75 Å². The predicted molar refractivity (Wildman–Crippen MR) is 106 cm³/mol. The van der Waals surface area contributed by atoms with E-state index >= 15 is 0 Å². The van der Waals surface area contributed by atoms with E-state index in [4.69, 9.17) is 0 Å². The number of rotatable bonds is 5. The Bertz CT molecular complexity index is 930. The second kappa shape index (κ2) is 7.66. The van der Waals surface area contributed by atoms with Crippen LogP contribution in [-0.4, -0.2) is 32.3 Å². The first-order chi connectivity index (χ1) is 12.7. The van der Waals surface area contributed by atoms with Gasteiger partial charge in [0.25, 0.3) is 0 Å². The first kappa shape index (κ1) is 17.3. The molecule has 26 heavy (non-hydrogen) atoms. The highest BCUT2D eigenvalue weighted by molar-refractivity contribution is 7.99. The lowest BCUT2D eigenvalue weighted by Crippen LogP contribution is -2.36. The lowest BCUT2D eigenvalue weighted by molar-refractivity contribution is -0.121. The number of para-hydroxylation sites is 1. The van der Waals surface area contributed by atoms with Crippen molar-refractivity contribution in [1.82, 2.24) is 19.9 Å². The van der Waals surface area contributed by atoms with Crippen molar-refractivity contribution in [3.8, 4) is 0 Å². The van der Waals surface area contributed by atoms with Crippen molar-refractivity contribution in [3.63, 3.8) is 0 Å². The van der Waals surface area contributed by atoms with Crippen molar-refractivity contribution in [2.24, 2.45) is 0 Å². The number of carbonyl (C=O) groups is 1. The fraction of sp³-hybridized carbons (Fsp3) is 0.450. The van der Waals surface area contributed by atoms with Gasteiger partial charge in [-0.15, -0.1) is 10.2 Å². The first-order valence-electron chi connectivity index (χ1n) is 9.38. The molecule has 1 aliphatic carbocycles. The van der Waals surface area contributed by atoms with Gasteiger partial charge < -0.3 is 5.32 Å². The van der Waals surface area contributed by atoms with Crippen molar-refractivity contribution in [2.45, 2.75) is 56.6 Å². The van der Waals surface area contributed by atoms with E-state index in [2.05, 4.69) is 45.0 Å². The number of nitrogens with zero attached hydrogens (tertiary/aromatic N) is 3. The molecule has 4 rings (SSSR count). The van der Waals surface area contributed by atoms with Gasteiger partial charge in [-0.25, -0.2) is 0 Å². The summed E-state index contributed by atoms with van der Waals surface area (Å²) < 4.78 is 2.09. The molecule has 1 saturated carbocycles. The van der Waals surface area contributed by atoms with Crippen LogP contribution in [0.5, 0.6) is 0 Å². The molecule has 0 bridgehead atoms.